The van der Waals surface area contributed by atoms with Gasteiger partial charge >= 0.3 is 12.2 Å². The largest absolute Gasteiger partial charge is 0.445 e. The van der Waals surface area contributed by atoms with Gasteiger partial charge in [-0.15, -0.1) is 4.80 Å². The van der Waals surface area contributed by atoms with E-state index in [4.69, 9.17) is 10.2 Å². The molecule has 0 saturated carbocycles. The van der Waals surface area contributed by atoms with Gasteiger partial charge in [-0.3, -0.25) is 4.90 Å². The molecule has 1 aliphatic heterocycles. The number of nitrogens with zero attached hydrogens (tertiary/aromatic N) is 6. The summed E-state index contributed by atoms with van der Waals surface area (Å²) in [6.07, 6.45) is 2.82. The highest BCUT2D eigenvalue weighted by atomic mass is 19.4. The van der Waals surface area contributed by atoms with Crippen molar-refractivity contribution in [2.75, 3.05) is 4.90 Å². The zero-order valence-corrected chi connectivity index (χ0v) is 16.9. The number of oxazole rings is 1. The smallest absolute Gasteiger partial charge is 0.420 e. The van der Waals surface area contributed by atoms with Crippen LogP contribution in [0.4, 0.5) is 23.7 Å². The normalized spacial score (nSPS) is 16.0. The van der Waals surface area contributed by atoms with Gasteiger partial charge in [0.2, 0.25) is 5.89 Å². The topological polar surface area (TPSA) is 116 Å². The minimum atomic E-state index is -4.71. The number of alkyl halides is 3. The second-order valence-corrected chi connectivity index (χ2v) is 7.36. The monoisotopic (exact) mass is 455 g/mol. The van der Waals surface area contributed by atoms with Crippen LogP contribution in [0.5, 0.6) is 0 Å². The van der Waals surface area contributed by atoms with E-state index in [1.807, 2.05) is 0 Å². The lowest BCUT2D eigenvalue weighted by molar-refractivity contribution is -0.137. The maximum atomic E-state index is 13.9. The van der Waals surface area contributed by atoms with Crippen molar-refractivity contribution in [2.24, 2.45) is 5.73 Å². The van der Waals surface area contributed by atoms with E-state index >= 15 is 0 Å². The molecule has 12 heteroatoms. The molecule has 0 radical (unpaired) electrons. The molecular formula is C21H16F3N7O2. The molecule has 1 aliphatic rings. The maximum absolute atomic E-state index is 13.9. The summed E-state index contributed by atoms with van der Waals surface area (Å²) >= 11 is 0. The molecule has 1 aromatic carbocycles. The first-order valence-corrected chi connectivity index (χ1v) is 9.89. The highest BCUT2D eigenvalue weighted by Gasteiger charge is 2.39. The van der Waals surface area contributed by atoms with Crippen molar-refractivity contribution in [3.63, 3.8) is 0 Å². The number of rotatable bonds is 3. The van der Waals surface area contributed by atoms with Gasteiger partial charge in [0.05, 0.1) is 30.3 Å². The molecule has 9 nitrogen and oxygen atoms in total. The summed E-state index contributed by atoms with van der Waals surface area (Å²) < 4.78 is 47.0. The van der Waals surface area contributed by atoms with Gasteiger partial charge in [0.1, 0.15) is 11.8 Å². The Bertz CT molecular complexity index is 1300. The Labute approximate surface area is 184 Å². The standard InChI is InChI=1S/C21H16F3N7O2/c22-21(23,24)15-10-12(11-27-18(15)31-28-6-7-29-31)16-5-4-13-14(19-26-8-9-33-19)2-1-3-17(13)30(16)20(25)32/h1-3,6-11,16H,4-5H2,(H2,25,32). The lowest BCUT2D eigenvalue weighted by Gasteiger charge is -2.37. The summed E-state index contributed by atoms with van der Waals surface area (Å²) in [5.74, 6) is -0.0731. The molecule has 33 heavy (non-hydrogen) atoms. The third-order valence-corrected chi connectivity index (χ3v) is 5.48. The lowest BCUT2D eigenvalue weighted by Crippen LogP contribution is -2.42. The molecule has 4 heterocycles. The molecule has 2 amide bonds. The molecule has 0 saturated heterocycles. The summed E-state index contributed by atoms with van der Waals surface area (Å²) in [4.78, 5) is 22.7. The van der Waals surface area contributed by atoms with Crippen molar-refractivity contribution < 1.29 is 22.4 Å². The quantitative estimate of drug-likeness (QED) is 0.501. The molecule has 0 spiro atoms. The van der Waals surface area contributed by atoms with E-state index in [-0.39, 0.29) is 5.56 Å². The van der Waals surface area contributed by atoms with Crippen LogP contribution < -0.4 is 10.6 Å². The first-order chi connectivity index (χ1) is 15.8. The Kier molecular flexibility index (Phi) is 4.84. The first-order valence-electron chi connectivity index (χ1n) is 9.89. The highest BCUT2D eigenvalue weighted by molar-refractivity contribution is 5.94. The van der Waals surface area contributed by atoms with Gasteiger partial charge in [0.15, 0.2) is 5.82 Å². The zero-order chi connectivity index (χ0) is 23.2. The van der Waals surface area contributed by atoms with Gasteiger partial charge in [-0.2, -0.15) is 23.4 Å². The van der Waals surface area contributed by atoms with Gasteiger partial charge in [-0.25, -0.2) is 14.8 Å². The molecule has 1 unspecified atom stereocenters. The van der Waals surface area contributed by atoms with E-state index in [1.54, 1.807) is 18.2 Å². The number of hydrogen-bond acceptors (Lipinski definition) is 6. The SMILES string of the molecule is NC(=O)N1c2cccc(-c3ncco3)c2CCC1c1cnc(-n2nccn2)c(C(F)(F)F)c1. The second kappa shape index (κ2) is 7.73. The fourth-order valence-corrected chi connectivity index (χ4v) is 4.14. The molecule has 3 aromatic heterocycles. The van der Waals surface area contributed by atoms with Crippen molar-refractivity contribution in [1.29, 1.82) is 0 Å². The highest BCUT2D eigenvalue weighted by Crippen LogP contribution is 2.43. The number of aromatic nitrogens is 5. The predicted molar refractivity (Wildman–Crippen MR) is 109 cm³/mol. The third-order valence-electron chi connectivity index (χ3n) is 5.48. The van der Waals surface area contributed by atoms with Crippen LogP contribution in [0.25, 0.3) is 17.3 Å². The number of benzene rings is 1. The number of fused-ring (bicyclic) bond motifs is 1. The predicted octanol–water partition coefficient (Wildman–Crippen LogP) is 3.91. The van der Waals surface area contributed by atoms with E-state index < -0.39 is 29.6 Å². The number of nitrogens with two attached hydrogens (primary N) is 1. The van der Waals surface area contributed by atoms with Crippen molar-refractivity contribution in [3.8, 4) is 17.3 Å². The Morgan fingerprint density at radius 1 is 1.15 bits per heavy atom. The minimum absolute atomic E-state index is 0.198. The van der Waals surface area contributed by atoms with Crippen LogP contribution in [0.15, 0.2) is 59.7 Å². The van der Waals surface area contributed by atoms with Crippen molar-refractivity contribution in [1.82, 2.24) is 25.0 Å². The number of pyridine rings is 1. The number of carbonyl (C=O) groups is 1. The summed E-state index contributed by atoms with van der Waals surface area (Å²) in [5.41, 5.74) is 6.83. The number of primary amides is 1. The van der Waals surface area contributed by atoms with E-state index in [2.05, 4.69) is 20.2 Å². The number of amides is 2. The van der Waals surface area contributed by atoms with Crippen LogP contribution >= 0.6 is 0 Å². The van der Waals surface area contributed by atoms with Crippen LogP contribution in [-0.2, 0) is 12.6 Å². The Hall–Kier alpha value is -4.22. The average molecular weight is 455 g/mol. The van der Waals surface area contributed by atoms with Crippen molar-refractivity contribution >= 4 is 11.7 Å². The van der Waals surface area contributed by atoms with Gasteiger partial charge in [-0.1, -0.05) is 6.07 Å². The van der Waals surface area contributed by atoms with Crippen LogP contribution in [0.3, 0.4) is 0 Å². The Morgan fingerprint density at radius 3 is 2.61 bits per heavy atom. The summed E-state index contributed by atoms with van der Waals surface area (Å²) in [6, 6.07) is 4.63. The molecular weight excluding hydrogens is 439 g/mol. The summed E-state index contributed by atoms with van der Waals surface area (Å²) in [6.45, 7) is 0. The summed E-state index contributed by atoms with van der Waals surface area (Å²) in [7, 11) is 0. The Morgan fingerprint density at radius 2 is 1.94 bits per heavy atom. The molecule has 0 bridgehead atoms. The van der Waals surface area contributed by atoms with E-state index in [9.17, 15) is 18.0 Å². The van der Waals surface area contributed by atoms with E-state index in [0.717, 1.165) is 16.4 Å². The zero-order valence-electron chi connectivity index (χ0n) is 16.9. The number of urea groups is 1. The number of halogens is 3. The number of hydrogen-bond donors (Lipinski definition) is 1. The van der Waals surface area contributed by atoms with Gasteiger partial charge < -0.3 is 10.2 Å². The minimum Gasteiger partial charge on any atom is -0.445 e. The maximum Gasteiger partial charge on any atom is 0.420 e. The van der Waals surface area contributed by atoms with Crippen molar-refractivity contribution in [3.05, 3.63) is 72.0 Å². The number of anilines is 1. The summed E-state index contributed by atoms with van der Waals surface area (Å²) in [5, 5.41) is 7.51. The first kappa shape index (κ1) is 20.7. The fourth-order valence-electron chi connectivity index (χ4n) is 4.14. The van der Waals surface area contributed by atoms with Crippen LogP contribution in [0.1, 0.15) is 29.2 Å². The molecule has 5 rings (SSSR count). The lowest BCUT2D eigenvalue weighted by atomic mass is 9.89. The van der Waals surface area contributed by atoms with E-state index in [0.29, 0.717) is 30.0 Å². The van der Waals surface area contributed by atoms with Crippen LogP contribution in [-0.4, -0.2) is 31.0 Å². The van der Waals surface area contributed by atoms with Crippen LogP contribution in [0, 0.1) is 0 Å². The molecule has 168 valence electrons. The van der Waals surface area contributed by atoms with Crippen LogP contribution in [0.2, 0.25) is 0 Å². The van der Waals surface area contributed by atoms with Gasteiger partial charge in [0, 0.05) is 11.8 Å². The molecule has 2 N–H and O–H groups in total. The number of carbonyl (C=O) groups excluding carboxylic acids is 1. The second-order valence-electron chi connectivity index (χ2n) is 7.36. The molecule has 1 atom stereocenters. The molecule has 0 aliphatic carbocycles. The third kappa shape index (κ3) is 3.58. The van der Waals surface area contributed by atoms with E-state index in [1.165, 1.54) is 36.0 Å². The Balaban J connectivity index is 1.61. The van der Waals surface area contributed by atoms with Crippen molar-refractivity contribution in [2.45, 2.75) is 25.1 Å². The average Bonchev–Trinajstić information content (AvgIpc) is 3.51. The fraction of sp³-hybridized carbons (Fsp3) is 0.190. The van der Waals surface area contributed by atoms with Gasteiger partial charge in [-0.05, 0) is 42.2 Å². The van der Waals surface area contributed by atoms with Gasteiger partial charge in [0.25, 0.3) is 0 Å². The molecule has 0 fully saturated rings. The molecule has 4 aromatic rings.